The second-order valence-corrected chi connectivity index (χ2v) is 8.06. The van der Waals surface area contributed by atoms with E-state index in [1.165, 1.54) is 18.4 Å². The predicted octanol–water partition coefficient (Wildman–Crippen LogP) is 4.58. The molecule has 4 heteroatoms. The molecule has 0 N–H and O–H groups in total. The van der Waals surface area contributed by atoms with Crippen molar-refractivity contribution >= 4 is 5.97 Å². The van der Waals surface area contributed by atoms with Crippen molar-refractivity contribution in [2.45, 2.75) is 26.2 Å². The zero-order valence-electron chi connectivity index (χ0n) is 16.6. The minimum Gasteiger partial charge on any atom is -0.461 e. The lowest BCUT2D eigenvalue weighted by atomic mass is 9.63. The molecular weight excluding hydrogens is 348 g/mol. The zero-order chi connectivity index (χ0) is 19.6. The topological polar surface area (TPSA) is 42.4 Å². The van der Waals surface area contributed by atoms with Gasteiger partial charge < -0.3 is 9.64 Å². The number of hydrogen-bond acceptors (Lipinski definition) is 4. The third kappa shape index (κ3) is 3.49. The molecule has 2 atom stereocenters. The molecule has 4 rings (SSSR count). The molecule has 1 saturated heterocycles. The van der Waals surface area contributed by atoms with E-state index in [1.54, 1.807) is 6.20 Å². The van der Waals surface area contributed by atoms with Crippen molar-refractivity contribution in [3.05, 3.63) is 66.4 Å². The summed E-state index contributed by atoms with van der Waals surface area (Å²) in [4.78, 5) is 19.9. The summed E-state index contributed by atoms with van der Waals surface area (Å²) in [5.41, 5.74) is 3.34. The Balaban J connectivity index is 1.54. The fraction of sp³-hybridized carbons (Fsp3) is 0.417. The summed E-state index contributed by atoms with van der Waals surface area (Å²) in [5, 5.41) is 0. The second-order valence-electron chi connectivity index (χ2n) is 8.06. The van der Waals surface area contributed by atoms with Crippen LogP contribution in [0, 0.1) is 11.3 Å². The summed E-state index contributed by atoms with van der Waals surface area (Å²) in [6.45, 7) is 10.1. The van der Waals surface area contributed by atoms with Gasteiger partial charge in [-0.05, 0) is 43.5 Å². The standard InChI is InChI=1S/C24H28N2O2/c1-3-26-15-19-9-8-13-24(16-26,18(19)2)17-28-23(27)21-11-5-4-10-20(21)22-12-6-7-14-25-22/h4-7,10-12,14,19H,2-3,8-9,13,15-17H2,1H3/t19-,24+/m1/s1. The summed E-state index contributed by atoms with van der Waals surface area (Å²) in [6, 6.07) is 13.3. The predicted molar refractivity (Wildman–Crippen MR) is 111 cm³/mol. The van der Waals surface area contributed by atoms with Gasteiger partial charge in [-0.25, -0.2) is 4.79 Å². The van der Waals surface area contributed by atoms with Crippen LogP contribution >= 0.6 is 0 Å². The van der Waals surface area contributed by atoms with Crippen LogP contribution < -0.4 is 0 Å². The van der Waals surface area contributed by atoms with E-state index in [4.69, 9.17) is 4.74 Å². The van der Waals surface area contributed by atoms with Gasteiger partial charge in [-0.15, -0.1) is 0 Å². The van der Waals surface area contributed by atoms with Crippen molar-refractivity contribution in [2.24, 2.45) is 11.3 Å². The number of rotatable bonds is 5. The van der Waals surface area contributed by atoms with Gasteiger partial charge in [0.2, 0.25) is 0 Å². The largest absolute Gasteiger partial charge is 0.461 e. The van der Waals surface area contributed by atoms with Crippen molar-refractivity contribution in [3.63, 3.8) is 0 Å². The summed E-state index contributed by atoms with van der Waals surface area (Å²) >= 11 is 0. The summed E-state index contributed by atoms with van der Waals surface area (Å²) < 4.78 is 5.92. The van der Waals surface area contributed by atoms with Gasteiger partial charge in [0.05, 0.1) is 11.3 Å². The highest BCUT2D eigenvalue weighted by Gasteiger charge is 2.46. The first-order valence-electron chi connectivity index (χ1n) is 10.2. The van der Waals surface area contributed by atoms with Crippen molar-refractivity contribution < 1.29 is 9.53 Å². The van der Waals surface area contributed by atoms with E-state index in [1.807, 2.05) is 42.5 Å². The zero-order valence-corrected chi connectivity index (χ0v) is 16.6. The molecule has 1 aromatic carbocycles. The number of esters is 1. The lowest BCUT2D eigenvalue weighted by molar-refractivity contribution is -0.000525. The molecule has 0 radical (unpaired) electrons. The first-order chi connectivity index (χ1) is 13.6. The number of fused-ring (bicyclic) bond motifs is 2. The molecule has 0 amide bonds. The Morgan fingerprint density at radius 1 is 1.29 bits per heavy atom. The van der Waals surface area contributed by atoms with E-state index in [0.717, 1.165) is 37.3 Å². The number of likely N-dealkylation sites (tertiary alicyclic amines) is 1. The smallest absolute Gasteiger partial charge is 0.338 e. The van der Waals surface area contributed by atoms with Crippen LogP contribution in [-0.4, -0.2) is 42.1 Å². The Hall–Kier alpha value is -2.46. The van der Waals surface area contributed by atoms with Crippen LogP contribution in [-0.2, 0) is 4.74 Å². The Bertz CT molecular complexity index is 864. The van der Waals surface area contributed by atoms with E-state index >= 15 is 0 Å². The van der Waals surface area contributed by atoms with Crippen LogP contribution in [0.15, 0.2) is 60.8 Å². The molecule has 2 fully saturated rings. The van der Waals surface area contributed by atoms with E-state index in [0.29, 0.717) is 18.1 Å². The molecule has 1 saturated carbocycles. The van der Waals surface area contributed by atoms with E-state index in [-0.39, 0.29) is 11.4 Å². The SMILES string of the molecule is C=C1[C@@H]2CCC[C@@]1(COC(=O)c1ccccc1-c1ccccn1)CN(CC)C2. The Morgan fingerprint density at radius 2 is 2.11 bits per heavy atom. The number of benzene rings is 1. The molecular formula is C24H28N2O2. The van der Waals surface area contributed by atoms with Gasteiger partial charge in [-0.3, -0.25) is 4.98 Å². The lowest BCUT2D eigenvalue weighted by Crippen LogP contribution is -2.53. The van der Waals surface area contributed by atoms with Crippen LogP contribution in [0.1, 0.15) is 36.5 Å². The van der Waals surface area contributed by atoms with Crippen molar-refractivity contribution in [1.82, 2.24) is 9.88 Å². The average molecular weight is 377 g/mol. The molecule has 28 heavy (non-hydrogen) atoms. The van der Waals surface area contributed by atoms with Crippen molar-refractivity contribution in [3.8, 4) is 11.3 Å². The number of hydrogen-bond donors (Lipinski definition) is 0. The molecule has 2 bridgehead atoms. The first-order valence-corrected chi connectivity index (χ1v) is 10.2. The summed E-state index contributed by atoms with van der Waals surface area (Å²) in [7, 11) is 0. The molecule has 1 aliphatic carbocycles. The van der Waals surface area contributed by atoms with Crippen LogP contribution in [0.4, 0.5) is 0 Å². The number of pyridine rings is 1. The minimum absolute atomic E-state index is 0.104. The molecule has 0 unspecified atom stereocenters. The maximum Gasteiger partial charge on any atom is 0.338 e. The minimum atomic E-state index is -0.279. The normalized spacial score (nSPS) is 24.8. The van der Waals surface area contributed by atoms with Crippen LogP contribution in [0.5, 0.6) is 0 Å². The van der Waals surface area contributed by atoms with E-state index in [2.05, 4.69) is 23.4 Å². The fourth-order valence-electron chi connectivity index (χ4n) is 4.78. The van der Waals surface area contributed by atoms with Gasteiger partial charge >= 0.3 is 5.97 Å². The fourth-order valence-corrected chi connectivity index (χ4v) is 4.78. The highest BCUT2D eigenvalue weighted by Crippen LogP contribution is 2.47. The maximum atomic E-state index is 13.0. The van der Waals surface area contributed by atoms with Crippen LogP contribution in [0.2, 0.25) is 0 Å². The number of carbonyl (C=O) groups excluding carboxylic acids is 1. The average Bonchev–Trinajstić information content (AvgIpc) is 2.73. The summed E-state index contributed by atoms with van der Waals surface area (Å²) in [6.07, 6.45) is 5.18. The van der Waals surface area contributed by atoms with Crippen LogP contribution in [0.3, 0.4) is 0 Å². The number of carbonyl (C=O) groups is 1. The first kappa shape index (κ1) is 18.9. The number of nitrogens with zero attached hydrogens (tertiary/aromatic N) is 2. The quantitative estimate of drug-likeness (QED) is 0.566. The van der Waals surface area contributed by atoms with Crippen LogP contribution in [0.25, 0.3) is 11.3 Å². The Labute approximate surface area is 167 Å². The van der Waals surface area contributed by atoms with Crippen molar-refractivity contribution in [1.29, 1.82) is 0 Å². The highest BCUT2D eigenvalue weighted by molar-refractivity contribution is 5.96. The summed E-state index contributed by atoms with van der Waals surface area (Å²) in [5.74, 6) is 0.251. The van der Waals surface area contributed by atoms with Gasteiger partial charge in [-0.2, -0.15) is 0 Å². The van der Waals surface area contributed by atoms with Gasteiger partial charge in [0.15, 0.2) is 0 Å². The number of piperidine rings is 1. The monoisotopic (exact) mass is 376 g/mol. The molecule has 0 spiro atoms. The van der Waals surface area contributed by atoms with Gasteiger partial charge in [0.25, 0.3) is 0 Å². The Kier molecular flexibility index (Phi) is 5.31. The molecule has 4 nitrogen and oxygen atoms in total. The molecule has 2 aromatic rings. The van der Waals surface area contributed by atoms with Gasteiger partial charge in [0, 0.05) is 30.3 Å². The number of ether oxygens (including phenoxy) is 1. The molecule has 1 aromatic heterocycles. The lowest BCUT2D eigenvalue weighted by Gasteiger charge is -2.51. The Morgan fingerprint density at radius 3 is 2.89 bits per heavy atom. The molecule has 2 aliphatic rings. The van der Waals surface area contributed by atoms with E-state index < -0.39 is 0 Å². The molecule has 2 heterocycles. The third-order valence-corrected chi connectivity index (χ3v) is 6.40. The maximum absolute atomic E-state index is 13.0. The van der Waals surface area contributed by atoms with E-state index in [9.17, 15) is 4.79 Å². The van der Waals surface area contributed by atoms with Crippen molar-refractivity contribution in [2.75, 3.05) is 26.2 Å². The molecule has 146 valence electrons. The molecule has 1 aliphatic heterocycles. The third-order valence-electron chi connectivity index (χ3n) is 6.40. The second kappa shape index (κ2) is 7.88. The number of aromatic nitrogens is 1. The van der Waals surface area contributed by atoms with Gasteiger partial charge in [-0.1, -0.05) is 49.8 Å². The van der Waals surface area contributed by atoms with Gasteiger partial charge in [0.1, 0.15) is 6.61 Å². The highest BCUT2D eigenvalue weighted by atomic mass is 16.5.